The van der Waals surface area contributed by atoms with Gasteiger partial charge in [-0.3, -0.25) is 15.0 Å². The molecule has 0 saturated carbocycles. The number of aromatic nitrogens is 4. The Morgan fingerprint density at radius 3 is 2.10 bits per heavy atom. The van der Waals surface area contributed by atoms with Crippen LogP contribution in [0.2, 0.25) is 0 Å². The molecule has 0 bridgehead atoms. The zero-order valence-corrected chi connectivity index (χ0v) is 44.4. The van der Waals surface area contributed by atoms with Crippen LogP contribution in [0.5, 0.6) is 0 Å². The zero-order valence-electron chi connectivity index (χ0n) is 48.0. The van der Waals surface area contributed by atoms with Crippen molar-refractivity contribution in [3.05, 3.63) is 191 Å². The van der Waals surface area contributed by atoms with Crippen LogP contribution in [0.4, 0.5) is 0 Å². The average molecular weight is 1110 g/mol. The van der Waals surface area contributed by atoms with Gasteiger partial charge in [-0.15, -0.1) is 53.6 Å². The molecule has 0 N–H and O–H groups in total. The summed E-state index contributed by atoms with van der Waals surface area (Å²) in [6.07, 6.45) is 1.72. The van der Waals surface area contributed by atoms with Gasteiger partial charge in [0.2, 0.25) is 0 Å². The summed E-state index contributed by atoms with van der Waals surface area (Å²) in [5, 5.41) is 6.79. The number of hydrogen-bond acceptors (Lipinski definition) is 4. The van der Waals surface area contributed by atoms with Crippen LogP contribution in [0.25, 0.3) is 94.1 Å². The molecule has 11 aromatic rings. The van der Waals surface area contributed by atoms with E-state index in [1.807, 2.05) is 30.3 Å². The first-order valence-electron chi connectivity index (χ1n) is 27.2. The van der Waals surface area contributed by atoms with E-state index < -0.39 is 13.7 Å². The van der Waals surface area contributed by atoms with Crippen molar-refractivity contribution in [1.82, 2.24) is 19.5 Å². The molecule has 0 aliphatic rings. The molecule has 8 aromatic carbocycles. The molecule has 1 radical (unpaired) electrons. The van der Waals surface area contributed by atoms with Gasteiger partial charge in [-0.25, -0.2) is 0 Å². The third-order valence-corrected chi connectivity index (χ3v) is 13.4. The minimum atomic E-state index is -2.28. The molecule has 71 heavy (non-hydrogen) atoms. The van der Waals surface area contributed by atoms with E-state index in [0.717, 1.165) is 88.9 Å². The Kier molecular flexibility index (Phi) is 11.3. The summed E-state index contributed by atoms with van der Waals surface area (Å²) in [5.74, 6) is 1.53. The molecule has 359 valence electrons. The van der Waals surface area contributed by atoms with Crippen molar-refractivity contribution in [3.8, 4) is 39.6 Å². The van der Waals surface area contributed by atoms with E-state index in [4.69, 9.17) is 17.6 Å². The second-order valence-electron chi connectivity index (χ2n) is 21.1. The van der Waals surface area contributed by atoms with Crippen LogP contribution in [0.15, 0.2) is 150 Å². The number of furan rings is 1. The molecule has 0 atom stereocenters. The van der Waals surface area contributed by atoms with Crippen molar-refractivity contribution in [2.75, 3.05) is 0 Å². The fraction of sp³-hybridized carbons (Fsp3) is 0.246. The Balaban J connectivity index is 0.000000290. The normalized spacial score (nSPS) is 13.7. The van der Waals surface area contributed by atoms with Gasteiger partial charge >= 0.3 is 0 Å². The number of fused-ring (bicyclic) bond motifs is 7. The van der Waals surface area contributed by atoms with Gasteiger partial charge in [0.05, 0.1) is 28.3 Å². The standard InChI is InChI=1S/C50H45N2O.C15H17N2.Ir/c1-29(2)40-26-34(36-23-22-35(24-31(36)5)50(6,7)8)27-41(30(3)4)47(40)52-45-19-12-11-18-44(45)51-49(52)39-17-13-16-38-43-25-33-21-20-32-14-9-10-15-37(32)42(33)28-46(43)53-48(38)39;1-11-5-7-12(8-6-11)14-16-10-9-13(17-14)15(2,3)4;/h9-16,18-30H,1-8H3;5-7,9-10H,1-4H3;/q2*-1;/i5D3;1D3;. The molecular formula is C65H62IrN4O-2. The maximum atomic E-state index is 8.60. The molecule has 3 heterocycles. The summed E-state index contributed by atoms with van der Waals surface area (Å²) < 4.78 is 57.0. The van der Waals surface area contributed by atoms with Gasteiger partial charge in [-0.05, 0) is 121 Å². The number of rotatable bonds is 6. The third kappa shape index (κ3) is 9.37. The predicted molar refractivity (Wildman–Crippen MR) is 294 cm³/mol. The van der Waals surface area contributed by atoms with Gasteiger partial charge in [0.15, 0.2) is 0 Å². The second-order valence-corrected chi connectivity index (χ2v) is 21.1. The van der Waals surface area contributed by atoms with Crippen molar-refractivity contribution >= 4 is 54.5 Å². The molecule has 0 aliphatic carbocycles. The van der Waals surface area contributed by atoms with Gasteiger partial charge in [-0.2, -0.15) is 0 Å². The van der Waals surface area contributed by atoms with E-state index in [-0.39, 0.29) is 48.3 Å². The van der Waals surface area contributed by atoms with Gasteiger partial charge in [0, 0.05) is 56.7 Å². The monoisotopic (exact) mass is 1110 g/mol. The fourth-order valence-electron chi connectivity index (χ4n) is 9.53. The molecule has 5 nitrogen and oxygen atoms in total. The maximum Gasteiger partial charge on any atom is 0.121 e. The van der Waals surface area contributed by atoms with Crippen LogP contribution in [-0.4, -0.2) is 19.5 Å². The Morgan fingerprint density at radius 2 is 1.39 bits per heavy atom. The van der Waals surface area contributed by atoms with Crippen LogP contribution in [-0.2, 0) is 30.9 Å². The Labute approximate surface area is 441 Å². The van der Waals surface area contributed by atoms with Crippen LogP contribution < -0.4 is 0 Å². The first-order valence-corrected chi connectivity index (χ1v) is 24.2. The predicted octanol–water partition coefficient (Wildman–Crippen LogP) is 17.8. The molecule has 0 unspecified atom stereocenters. The minimum absolute atomic E-state index is 0. The molecule has 3 aromatic heterocycles. The Morgan fingerprint density at radius 1 is 0.648 bits per heavy atom. The summed E-state index contributed by atoms with van der Waals surface area (Å²) in [6.45, 7) is 17.1. The van der Waals surface area contributed by atoms with E-state index in [0.29, 0.717) is 17.0 Å². The zero-order chi connectivity index (χ0) is 54.2. The number of imidazole rings is 1. The topological polar surface area (TPSA) is 56.7 Å². The fourth-order valence-corrected chi connectivity index (χ4v) is 9.53. The van der Waals surface area contributed by atoms with Crippen molar-refractivity contribution in [1.29, 1.82) is 0 Å². The first kappa shape index (κ1) is 42.0. The average Bonchev–Trinajstić information content (AvgIpc) is 4.03. The number of hydrogen-bond donors (Lipinski definition) is 0. The van der Waals surface area contributed by atoms with Crippen molar-refractivity contribution in [2.45, 2.75) is 106 Å². The molecular weight excluding hydrogens is 1040 g/mol. The molecule has 11 rings (SSSR count). The van der Waals surface area contributed by atoms with E-state index in [1.165, 1.54) is 22.2 Å². The number of para-hydroxylation sites is 2. The molecule has 0 spiro atoms. The summed E-state index contributed by atoms with van der Waals surface area (Å²) in [7, 11) is 0. The van der Waals surface area contributed by atoms with Crippen molar-refractivity contribution in [2.24, 2.45) is 0 Å². The molecule has 0 fully saturated rings. The Hall–Kier alpha value is -6.72. The first-order chi connectivity index (χ1) is 35.9. The summed E-state index contributed by atoms with van der Waals surface area (Å²) in [5.41, 5.74) is 12.2. The molecule has 6 heteroatoms. The quantitative estimate of drug-likeness (QED) is 0.123. The number of benzene rings is 8. The van der Waals surface area contributed by atoms with E-state index in [9.17, 15) is 0 Å². The van der Waals surface area contributed by atoms with Crippen LogP contribution >= 0.6 is 0 Å². The molecule has 0 saturated heterocycles. The summed E-state index contributed by atoms with van der Waals surface area (Å²) in [6, 6.07) is 53.1. The number of nitrogens with zero attached hydrogens (tertiary/aromatic N) is 4. The smallest absolute Gasteiger partial charge is 0.121 e. The third-order valence-electron chi connectivity index (χ3n) is 13.4. The molecule has 0 amide bonds. The van der Waals surface area contributed by atoms with Gasteiger partial charge < -0.3 is 8.98 Å². The van der Waals surface area contributed by atoms with Crippen LogP contribution in [0, 0.1) is 25.8 Å². The largest absolute Gasteiger partial charge is 0.501 e. The summed E-state index contributed by atoms with van der Waals surface area (Å²) >= 11 is 0. The van der Waals surface area contributed by atoms with Crippen LogP contribution in [0.3, 0.4) is 0 Å². The van der Waals surface area contributed by atoms with E-state index in [2.05, 4.69) is 187 Å². The van der Waals surface area contributed by atoms with Crippen molar-refractivity contribution in [3.63, 3.8) is 0 Å². The minimum Gasteiger partial charge on any atom is -0.501 e. The summed E-state index contributed by atoms with van der Waals surface area (Å²) in [4.78, 5) is 14.1. The Bertz CT molecular complexity index is 3970. The van der Waals surface area contributed by atoms with Gasteiger partial charge in [0.25, 0.3) is 0 Å². The maximum absolute atomic E-state index is 8.60. The van der Waals surface area contributed by atoms with Crippen LogP contribution in [0.1, 0.15) is 123 Å². The number of aryl methyl sites for hydroxylation is 2. The second kappa shape index (κ2) is 19.1. The SMILES string of the molecule is [2H]C([2H])([2H])c1c[c-]c(-c2nccc(C(C)(C)C)n2)cc1.[2H]C([2H])([2H])c1cc(C(C)(C)C)ccc1-c1cc(C(C)C)c(-n2c(-c3[c-]ccc4c3oc3cc5c(ccc6ccccc65)cc34)nc3ccccc32)c(C(C)C)c1.[Ir]. The van der Waals surface area contributed by atoms with Gasteiger partial charge in [0.1, 0.15) is 5.58 Å². The van der Waals surface area contributed by atoms with Crippen molar-refractivity contribution < 1.29 is 32.7 Å². The van der Waals surface area contributed by atoms with E-state index >= 15 is 0 Å². The molecule has 0 aliphatic heterocycles. The van der Waals surface area contributed by atoms with Gasteiger partial charge in [-0.1, -0.05) is 154 Å². The van der Waals surface area contributed by atoms with E-state index in [1.54, 1.807) is 18.3 Å².